The maximum atomic E-state index is 12.9. The Hall–Kier alpha value is -2.92. The summed E-state index contributed by atoms with van der Waals surface area (Å²) in [4.78, 5) is 27.9. The SMILES string of the molecule is CCc1ccc(C(CNC(=O)c2cc(=O)c3cc(C)c(C)cc3o2)N2CCCC2)cc1. The Bertz CT molecular complexity index is 1140. The lowest BCUT2D eigenvalue weighted by Crippen LogP contribution is -2.37. The van der Waals surface area contributed by atoms with E-state index in [9.17, 15) is 9.59 Å². The Morgan fingerprint density at radius 3 is 2.42 bits per heavy atom. The molecule has 0 aliphatic carbocycles. The van der Waals surface area contributed by atoms with Crippen molar-refractivity contribution in [2.45, 2.75) is 46.1 Å². The zero-order valence-corrected chi connectivity index (χ0v) is 18.5. The van der Waals surface area contributed by atoms with Crippen molar-refractivity contribution in [2.75, 3.05) is 19.6 Å². The maximum absolute atomic E-state index is 12.9. The molecule has 0 radical (unpaired) electrons. The average Bonchev–Trinajstić information content (AvgIpc) is 3.30. The van der Waals surface area contributed by atoms with Crippen LogP contribution in [0.4, 0.5) is 0 Å². The monoisotopic (exact) mass is 418 g/mol. The topological polar surface area (TPSA) is 62.6 Å². The Morgan fingerprint density at radius 2 is 1.74 bits per heavy atom. The summed E-state index contributed by atoms with van der Waals surface area (Å²) in [7, 11) is 0. The summed E-state index contributed by atoms with van der Waals surface area (Å²) in [6, 6.07) is 13.7. The standard InChI is InChI=1S/C26H30N2O3/c1-4-19-7-9-20(10-8-19)22(28-11-5-6-12-28)16-27-26(30)25-15-23(29)21-13-17(2)18(3)14-24(21)31-25/h7-10,13-15,22H,4-6,11-12,16H2,1-3H3,(H,27,30). The number of likely N-dealkylation sites (tertiary alicyclic amines) is 1. The second-order valence-corrected chi connectivity index (χ2v) is 8.47. The van der Waals surface area contributed by atoms with Crippen LogP contribution >= 0.6 is 0 Å². The van der Waals surface area contributed by atoms with E-state index in [1.54, 1.807) is 0 Å². The molecule has 1 unspecified atom stereocenters. The zero-order valence-electron chi connectivity index (χ0n) is 18.5. The highest BCUT2D eigenvalue weighted by Gasteiger charge is 2.24. The average molecular weight is 419 g/mol. The van der Waals surface area contributed by atoms with Gasteiger partial charge >= 0.3 is 0 Å². The number of fused-ring (bicyclic) bond motifs is 1. The van der Waals surface area contributed by atoms with Crippen LogP contribution < -0.4 is 10.7 Å². The summed E-state index contributed by atoms with van der Waals surface area (Å²) >= 11 is 0. The molecule has 1 aliphatic heterocycles. The summed E-state index contributed by atoms with van der Waals surface area (Å²) in [6.07, 6.45) is 3.36. The van der Waals surface area contributed by atoms with Gasteiger partial charge in [-0.1, -0.05) is 31.2 Å². The fourth-order valence-corrected chi connectivity index (χ4v) is 4.29. The molecule has 1 fully saturated rings. The molecule has 0 spiro atoms. The molecule has 1 aliphatic rings. The quantitative estimate of drug-likeness (QED) is 0.638. The summed E-state index contributed by atoms with van der Waals surface area (Å²) in [5, 5.41) is 3.51. The van der Waals surface area contributed by atoms with E-state index < -0.39 is 0 Å². The van der Waals surface area contributed by atoms with Gasteiger partial charge in [0, 0.05) is 12.6 Å². The molecule has 0 bridgehead atoms. The second-order valence-electron chi connectivity index (χ2n) is 8.47. The first-order valence-corrected chi connectivity index (χ1v) is 11.1. The predicted molar refractivity (Wildman–Crippen MR) is 124 cm³/mol. The van der Waals surface area contributed by atoms with Crippen molar-refractivity contribution in [3.63, 3.8) is 0 Å². The summed E-state index contributed by atoms with van der Waals surface area (Å²) < 4.78 is 5.81. The van der Waals surface area contributed by atoms with Gasteiger partial charge < -0.3 is 9.73 Å². The van der Waals surface area contributed by atoms with Crippen LogP contribution in [-0.2, 0) is 6.42 Å². The highest BCUT2D eigenvalue weighted by molar-refractivity contribution is 5.93. The highest BCUT2D eigenvalue weighted by atomic mass is 16.3. The van der Waals surface area contributed by atoms with Crippen LogP contribution in [0.3, 0.4) is 0 Å². The van der Waals surface area contributed by atoms with Crippen LogP contribution in [0.2, 0.25) is 0 Å². The third-order valence-electron chi connectivity index (χ3n) is 6.38. The van der Waals surface area contributed by atoms with Crippen molar-refractivity contribution in [1.29, 1.82) is 0 Å². The minimum Gasteiger partial charge on any atom is -0.451 e. The molecule has 162 valence electrons. The van der Waals surface area contributed by atoms with Gasteiger partial charge in [-0.25, -0.2) is 0 Å². The Balaban J connectivity index is 1.56. The fourth-order valence-electron chi connectivity index (χ4n) is 4.29. The number of aryl methyl sites for hydroxylation is 3. The van der Waals surface area contributed by atoms with E-state index in [0.717, 1.165) is 30.6 Å². The molecule has 5 heteroatoms. The van der Waals surface area contributed by atoms with Gasteiger partial charge in [-0.15, -0.1) is 0 Å². The number of nitrogens with zero attached hydrogens (tertiary/aromatic N) is 1. The van der Waals surface area contributed by atoms with Crippen LogP contribution in [0, 0.1) is 13.8 Å². The maximum Gasteiger partial charge on any atom is 0.287 e. The van der Waals surface area contributed by atoms with E-state index in [1.807, 2.05) is 26.0 Å². The highest BCUT2D eigenvalue weighted by Crippen LogP contribution is 2.25. The second kappa shape index (κ2) is 9.06. The van der Waals surface area contributed by atoms with Crippen molar-refractivity contribution in [3.8, 4) is 0 Å². The number of rotatable bonds is 6. The molecule has 1 N–H and O–H groups in total. The minimum atomic E-state index is -0.355. The van der Waals surface area contributed by atoms with Crippen LogP contribution in [0.1, 0.15) is 58.6 Å². The van der Waals surface area contributed by atoms with E-state index in [4.69, 9.17) is 4.42 Å². The van der Waals surface area contributed by atoms with Gasteiger partial charge in [0.2, 0.25) is 0 Å². The lowest BCUT2D eigenvalue weighted by atomic mass is 10.0. The number of nitrogens with one attached hydrogen (secondary N) is 1. The summed E-state index contributed by atoms with van der Waals surface area (Å²) in [5.74, 6) is -0.297. The fraction of sp³-hybridized carbons (Fsp3) is 0.385. The van der Waals surface area contributed by atoms with E-state index >= 15 is 0 Å². The van der Waals surface area contributed by atoms with Crippen molar-refractivity contribution in [2.24, 2.45) is 0 Å². The smallest absolute Gasteiger partial charge is 0.287 e. The van der Waals surface area contributed by atoms with Crippen molar-refractivity contribution >= 4 is 16.9 Å². The zero-order chi connectivity index (χ0) is 22.0. The molecule has 0 saturated carbocycles. The van der Waals surface area contributed by atoms with Gasteiger partial charge in [0.05, 0.1) is 11.4 Å². The van der Waals surface area contributed by atoms with Crippen LogP contribution in [0.5, 0.6) is 0 Å². The normalized spacial score (nSPS) is 15.3. The Labute approximate surface area is 183 Å². The molecule has 1 amide bonds. The molecule has 31 heavy (non-hydrogen) atoms. The molecular weight excluding hydrogens is 388 g/mol. The van der Waals surface area contributed by atoms with E-state index in [0.29, 0.717) is 17.5 Å². The van der Waals surface area contributed by atoms with Crippen molar-refractivity contribution < 1.29 is 9.21 Å². The first-order valence-electron chi connectivity index (χ1n) is 11.1. The molecule has 4 rings (SSSR count). The first-order chi connectivity index (χ1) is 15.0. The predicted octanol–water partition coefficient (Wildman–Crippen LogP) is 4.54. The Morgan fingerprint density at radius 1 is 1.06 bits per heavy atom. The number of hydrogen-bond donors (Lipinski definition) is 1. The molecular formula is C26H30N2O3. The Kier molecular flexibility index (Phi) is 6.23. The third-order valence-corrected chi connectivity index (χ3v) is 6.38. The van der Waals surface area contributed by atoms with Gasteiger partial charge in [-0.3, -0.25) is 14.5 Å². The first kappa shape index (κ1) is 21.3. The lowest BCUT2D eigenvalue weighted by Gasteiger charge is -2.28. The molecule has 2 heterocycles. The number of hydrogen-bond acceptors (Lipinski definition) is 4. The number of benzene rings is 2. The number of carbonyl (C=O) groups excluding carboxylic acids is 1. The number of carbonyl (C=O) groups is 1. The molecule has 1 aromatic heterocycles. The lowest BCUT2D eigenvalue weighted by molar-refractivity contribution is 0.0910. The van der Waals surface area contributed by atoms with Gasteiger partial charge in [0.1, 0.15) is 5.58 Å². The molecule has 1 atom stereocenters. The van der Waals surface area contributed by atoms with Crippen LogP contribution in [0.25, 0.3) is 11.0 Å². The van der Waals surface area contributed by atoms with Crippen molar-refractivity contribution in [1.82, 2.24) is 10.2 Å². The largest absolute Gasteiger partial charge is 0.451 e. The molecule has 2 aromatic carbocycles. The van der Waals surface area contributed by atoms with E-state index in [-0.39, 0.29) is 23.1 Å². The van der Waals surface area contributed by atoms with Crippen molar-refractivity contribution in [3.05, 3.63) is 80.7 Å². The van der Waals surface area contributed by atoms with Crippen LogP contribution in [-0.4, -0.2) is 30.4 Å². The third kappa shape index (κ3) is 4.57. The summed E-state index contributed by atoms with van der Waals surface area (Å²) in [6.45, 7) is 8.60. The number of amides is 1. The van der Waals surface area contributed by atoms with Gasteiger partial charge in [-0.05, 0) is 80.6 Å². The minimum absolute atomic E-state index is 0.0576. The van der Waals surface area contributed by atoms with E-state index in [2.05, 4.69) is 41.4 Å². The molecule has 5 nitrogen and oxygen atoms in total. The van der Waals surface area contributed by atoms with Crippen LogP contribution in [0.15, 0.2) is 51.7 Å². The van der Waals surface area contributed by atoms with Gasteiger partial charge in [0.25, 0.3) is 5.91 Å². The molecule has 1 saturated heterocycles. The van der Waals surface area contributed by atoms with Gasteiger partial charge in [0.15, 0.2) is 11.2 Å². The summed E-state index contributed by atoms with van der Waals surface area (Å²) in [5.41, 5.74) is 4.81. The molecule has 3 aromatic rings. The van der Waals surface area contributed by atoms with E-state index in [1.165, 1.54) is 30.0 Å². The van der Waals surface area contributed by atoms with Gasteiger partial charge in [-0.2, -0.15) is 0 Å².